The minimum atomic E-state index is -0.480. The Morgan fingerprint density at radius 3 is 2.56 bits per heavy atom. The standard InChI is InChI=1S/C30H28N4O5S2/c1-3-37-26-17-21(12-13-25(26)39-15-14-38-23-11-7-10-22(18-23)36-2)16-24-27(31)34-29(32-28(24)35)41-30(33-34)40-19-20-8-5-4-6-9-20/h4-13,16-18,31H,3,14-15,19H2,1-2H3. The molecule has 9 nitrogen and oxygen atoms in total. The maximum absolute atomic E-state index is 12.9. The number of amidine groups is 2. The number of carbonyl (C=O) groups is 1. The zero-order valence-electron chi connectivity index (χ0n) is 22.5. The van der Waals surface area contributed by atoms with E-state index in [9.17, 15) is 4.79 Å². The van der Waals surface area contributed by atoms with Crippen molar-refractivity contribution in [1.82, 2.24) is 5.01 Å². The Morgan fingerprint density at radius 1 is 0.951 bits per heavy atom. The number of nitrogens with zero attached hydrogens (tertiary/aromatic N) is 3. The van der Waals surface area contributed by atoms with Gasteiger partial charge in [0.15, 0.2) is 21.7 Å². The number of amides is 1. The average Bonchev–Trinajstić information content (AvgIpc) is 3.41. The van der Waals surface area contributed by atoms with Crippen LogP contribution >= 0.6 is 23.5 Å². The van der Waals surface area contributed by atoms with Gasteiger partial charge in [0, 0.05) is 11.8 Å². The first-order valence-electron chi connectivity index (χ1n) is 12.9. The molecule has 2 aliphatic rings. The number of methoxy groups -OCH3 is 1. The molecule has 0 radical (unpaired) electrons. The number of nitrogens with one attached hydrogen (secondary N) is 1. The molecule has 210 valence electrons. The maximum Gasteiger partial charge on any atom is 0.283 e. The predicted molar refractivity (Wildman–Crippen MR) is 164 cm³/mol. The van der Waals surface area contributed by atoms with E-state index in [1.54, 1.807) is 43.1 Å². The van der Waals surface area contributed by atoms with Gasteiger partial charge >= 0.3 is 0 Å². The molecule has 0 aromatic heterocycles. The van der Waals surface area contributed by atoms with Crippen LogP contribution in [0.2, 0.25) is 0 Å². The van der Waals surface area contributed by atoms with Gasteiger partial charge in [-0.25, -0.2) is 0 Å². The van der Waals surface area contributed by atoms with Gasteiger partial charge in [-0.2, -0.15) is 10.0 Å². The molecule has 0 spiro atoms. The Labute approximate surface area is 246 Å². The highest BCUT2D eigenvalue weighted by Crippen LogP contribution is 2.35. The molecule has 1 N–H and O–H groups in total. The highest BCUT2D eigenvalue weighted by Gasteiger charge is 2.35. The Morgan fingerprint density at radius 2 is 1.76 bits per heavy atom. The number of rotatable bonds is 11. The predicted octanol–water partition coefficient (Wildman–Crippen LogP) is 6.06. The zero-order valence-corrected chi connectivity index (χ0v) is 24.2. The quantitative estimate of drug-likeness (QED) is 0.213. The van der Waals surface area contributed by atoms with Gasteiger partial charge in [0.05, 0.1) is 19.3 Å². The second-order valence-corrected chi connectivity index (χ2v) is 10.9. The van der Waals surface area contributed by atoms with Crippen molar-refractivity contribution < 1.29 is 23.7 Å². The van der Waals surface area contributed by atoms with Crippen molar-refractivity contribution in [1.29, 1.82) is 5.41 Å². The van der Waals surface area contributed by atoms with E-state index in [2.05, 4.69) is 10.1 Å². The first-order chi connectivity index (χ1) is 20.0. The molecule has 2 heterocycles. The monoisotopic (exact) mass is 588 g/mol. The number of fused-ring (bicyclic) bond motifs is 1. The smallest absolute Gasteiger partial charge is 0.283 e. The van der Waals surface area contributed by atoms with Crippen LogP contribution in [0.4, 0.5) is 0 Å². The lowest BCUT2D eigenvalue weighted by Gasteiger charge is -2.20. The van der Waals surface area contributed by atoms with Crippen LogP contribution in [0.15, 0.2) is 88.5 Å². The van der Waals surface area contributed by atoms with Crippen LogP contribution in [0.25, 0.3) is 6.08 Å². The second-order valence-electron chi connectivity index (χ2n) is 8.68. The van der Waals surface area contributed by atoms with E-state index in [4.69, 9.17) is 24.4 Å². The molecule has 1 amide bonds. The van der Waals surface area contributed by atoms with Crippen LogP contribution < -0.4 is 18.9 Å². The first-order valence-corrected chi connectivity index (χ1v) is 14.7. The van der Waals surface area contributed by atoms with Crippen LogP contribution in [-0.2, 0) is 10.5 Å². The van der Waals surface area contributed by atoms with Crippen LogP contribution in [0, 0.1) is 5.41 Å². The second kappa shape index (κ2) is 13.4. The Kier molecular flexibility index (Phi) is 9.27. The van der Waals surface area contributed by atoms with Crippen LogP contribution in [-0.4, -0.2) is 53.2 Å². The van der Waals surface area contributed by atoms with Gasteiger partial charge in [-0.05, 0) is 60.2 Å². The lowest BCUT2D eigenvalue weighted by Crippen LogP contribution is -2.35. The van der Waals surface area contributed by atoms with E-state index in [-0.39, 0.29) is 11.4 Å². The number of hydrazone groups is 1. The molecule has 5 rings (SSSR count). The molecule has 2 aliphatic heterocycles. The summed E-state index contributed by atoms with van der Waals surface area (Å²) < 4.78 is 23.4. The summed E-state index contributed by atoms with van der Waals surface area (Å²) in [5.74, 6) is 2.72. The summed E-state index contributed by atoms with van der Waals surface area (Å²) >= 11 is 2.84. The van der Waals surface area contributed by atoms with Gasteiger partial charge in [-0.1, -0.05) is 54.2 Å². The van der Waals surface area contributed by atoms with Crippen molar-refractivity contribution >= 4 is 50.9 Å². The molecule has 3 aromatic rings. The highest BCUT2D eigenvalue weighted by molar-refractivity contribution is 8.45. The van der Waals surface area contributed by atoms with Gasteiger partial charge in [0.25, 0.3) is 5.91 Å². The molecular weight excluding hydrogens is 560 g/mol. The van der Waals surface area contributed by atoms with E-state index in [1.807, 2.05) is 61.5 Å². The van der Waals surface area contributed by atoms with E-state index >= 15 is 0 Å². The summed E-state index contributed by atoms with van der Waals surface area (Å²) in [4.78, 5) is 17.1. The molecule has 0 atom stereocenters. The lowest BCUT2D eigenvalue weighted by atomic mass is 10.1. The van der Waals surface area contributed by atoms with E-state index in [0.29, 0.717) is 47.8 Å². The van der Waals surface area contributed by atoms with Crippen LogP contribution in [0.5, 0.6) is 23.0 Å². The van der Waals surface area contributed by atoms with Crippen molar-refractivity contribution in [2.45, 2.75) is 12.7 Å². The van der Waals surface area contributed by atoms with Gasteiger partial charge < -0.3 is 18.9 Å². The van der Waals surface area contributed by atoms with E-state index in [0.717, 1.165) is 15.9 Å². The first kappa shape index (κ1) is 28.3. The van der Waals surface area contributed by atoms with Gasteiger partial charge in [-0.3, -0.25) is 10.2 Å². The summed E-state index contributed by atoms with van der Waals surface area (Å²) in [5.41, 5.74) is 1.99. The van der Waals surface area contributed by atoms with Gasteiger partial charge in [-0.15, -0.1) is 5.10 Å². The number of benzene rings is 3. The average molecular weight is 589 g/mol. The fraction of sp³-hybridized carbons (Fsp3) is 0.200. The molecule has 3 aromatic carbocycles. The summed E-state index contributed by atoms with van der Waals surface area (Å²) in [6.07, 6.45) is 1.62. The van der Waals surface area contributed by atoms with Gasteiger partial charge in [0.1, 0.15) is 24.7 Å². The van der Waals surface area contributed by atoms with Crippen molar-refractivity contribution in [2.24, 2.45) is 10.1 Å². The summed E-state index contributed by atoms with van der Waals surface area (Å²) in [6, 6.07) is 22.8. The fourth-order valence-electron chi connectivity index (χ4n) is 3.92. The number of hydrogen-bond acceptors (Lipinski definition) is 9. The third kappa shape index (κ3) is 7.11. The maximum atomic E-state index is 12.9. The number of aliphatic imine (C=N–C) groups is 1. The largest absolute Gasteiger partial charge is 0.497 e. The topological polar surface area (TPSA) is 106 Å². The molecule has 0 aliphatic carbocycles. The number of hydrogen-bond donors (Lipinski definition) is 1. The summed E-state index contributed by atoms with van der Waals surface area (Å²) in [6.45, 7) is 2.94. The Balaban J connectivity index is 1.24. The minimum absolute atomic E-state index is 0.0178. The minimum Gasteiger partial charge on any atom is -0.497 e. The molecule has 0 fully saturated rings. The SMILES string of the molecule is CCOc1cc(C=C2C(=N)N3N=C(SCc4ccccc4)SC3=NC2=O)ccc1OCCOc1cccc(OC)c1. The highest BCUT2D eigenvalue weighted by atomic mass is 32.2. The van der Waals surface area contributed by atoms with E-state index < -0.39 is 5.91 Å². The van der Waals surface area contributed by atoms with Crippen LogP contribution in [0.1, 0.15) is 18.1 Å². The third-order valence-electron chi connectivity index (χ3n) is 5.87. The molecular formula is C30H28N4O5S2. The fourth-order valence-corrected chi connectivity index (χ4v) is 5.81. The molecule has 0 saturated carbocycles. The van der Waals surface area contributed by atoms with Crippen LogP contribution in [0.3, 0.4) is 0 Å². The van der Waals surface area contributed by atoms with Crippen molar-refractivity contribution in [3.05, 3.63) is 89.5 Å². The number of carbonyl (C=O) groups excluding carboxylic acids is 1. The molecule has 0 saturated heterocycles. The lowest BCUT2D eigenvalue weighted by molar-refractivity contribution is -0.114. The third-order valence-corrected chi connectivity index (χ3v) is 7.98. The number of ether oxygens (including phenoxy) is 4. The number of thioether (sulfide) groups is 2. The molecule has 41 heavy (non-hydrogen) atoms. The Bertz CT molecular complexity index is 1520. The Hall–Kier alpha value is -4.22. The molecule has 0 bridgehead atoms. The van der Waals surface area contributed by atoms with E-state index in [1.165, 1.54) is 22.3 Å². The zero-order chi connectivity index (χ0) is 28.6. The molecule has 0 unspecified atom stereocenters. The summed E-state index contributed by atoms with van der Waals surface area (Å²) in [5, 5.41) is 15.0. The van der Waals surface area contributed by atoms with Crippen molar-refractivity contribution in [3.63, 3.8) is 0 Å². The van der Waals surface area contributed by atoms with Gasteiger partial charge in [0.2, 0.25) is 5.17 Å². The molecule has 11 heteroatoms. The normalized spacial score (nSPS) is 15.4. The summed E-state index contributed by atoms with van der Waals surface area (Å²) in [7, 11) is 1.61. The van der Waals surface area contributed by atoms with Crippen molar-refractivity contribution in [2.75, 3.05) is 26.9 Å². The van der Waals surface area contributed by atoms with Crippen molar-refractivity contribution in [3.8, 4) is 23.0 Å².